The van der Waals surface area contributed by atoms with Gasteiger partial charge in [-0.1, -0.05) is 61.2 Å². The first-order valence-corrected chi connectivity index (χ1v) is 18.3. The molecule has 1 unspecified atom stereocenters. The minimum Gasteiger partial charge on any atom is -0.497 e. The lowest BCUT2D eigenvalue weighted by Gasteiger charge is -2.26. The molecular weight excluding hydrogens is 699 g/mol. The average Bonchev–Trinajstić information content (AvgIpc) is 3.72. The van der Waals surface area contributed by atoms with Crippen molar-refractivity contribution in [1.29, 1.82) is 0 Å². The first kappa shape index (κ1) is 36.8. The number of fused-ring (bicyclic) bond motifs is 1. The molecule has 1 aromatic heterocycles. The van der Waals surface area contributed by atoms with E-state index in [1.165, 1.54) is 42.2 Å². The van der Waals surface area contributed by atoms with Crippen molar-refractivity contribution in [2.24, 2.45) is 5.92 Å². The normalized spacial score (nSPS) is 20.6. The molecule has 3 aromatic carbocycles. The van der Waals surface area contributed by atoms with E-state index in [2.05, 4.69) is 28.5 Å². The highest BCUT2D eigenvalue weighted by Crippen LogP contribution is 2.45. The summed E-state index contributed by atoms with van der Waals surface area (Å²) in [6.07, 6.45) is 0.883. The first-order valence-electron chi connectivity index (χ1n) is 16.9. The fourth-order valence-corrected chi connectivity index (χ4v) is 7.42. The second kappa shape index (κ2) is 14.9. The Morgan fingerprint density at radius 3 is 2.36 bits per heavy atom. The van der Waals surface area contributed by atoms with Crippen LogP contribution in [0.3, 0.4) is 0 Å². The number of rotatable bonds is 13. The van der Waals surface area contributed by atoms with Crippen molar-refractivity contribution >= 4 is 44.6 Å². The van der Waals surface area contributed by atoms with Gasteiger partial charge in [-0.15, -0.1) is 6.58 Å². The second-order valence-electron chi connectivity index (χ2n) is 13.0. The van der Waals surface area contributed by atoms with E-state index in [0.717, 1.165) is 5.56 Å². The van der Waals surface area contributed by atoms with Gasteiger partial charge in [0.1, 0.15) is 29.2 Å². The van der Waals surface area contributed by atoms with Crippen molar-refractivity contribution in [2.75, 3.05) is 20.2 Å². The van der Waals surface area contributed by atoms with Crippen molar-refractivity contribution in [1.82, 2.24) is 25.2 Å². The highest BCUT2D eigenvalue weighted by Gasteiger charge is 2.61. The number of nitrogens with zero attached hydrogens (tertiary/aromatic N) is 2. The quantitative estimate of drug-likeness (QED) is 0.137. The van der Waals surface area contributed by atoms with Gasteiger partial charge in [0.05, 0.1) is 36.3 Å². The number of likely N-dealkylation sites (tertiary alicyclic amines) is 1. The minimum absolute atomic E-state index is 0.0193. The number of carbonyl (C=O) groups excluding carboxylic acids is 4. The minimum atomic E-state index is -4.26. The lowest BCUT2D eigenvalue weighted by atomic mass is 10.1. The number of sulfonamides is 1. The SMILES string of the molecule is C=C[C@@H]1C[C@]1(NC(=O)[C@@H]1CC(Oc2cc(-c3ccccc3)nc3cc(OC)ccc23)CN1C(=O)CNC(=O)C(=C)C)C(=O)NS(=O)(=O)c1ccccc1. The Bertz CT molecular complexity index is 2210. The van der Waals surface area contributed by atoms with E-state index in [4.69, 9.17) is 14.5 Å². The summed E-state index contributed by atoms with van der Waals surface area (Å²) in [6, 6.07) is 22.9. The summed E-state index contributed by atoms with van der Waals surface area (Å²) in [5, 5.41) is 5.93. The van der Waals surface area contributed by atoms with Crippen LogP contribution < -0.4 is 24.8 Å². The standard InChI is InChI=1S/C39H39N5O8S/c1-5-26-21-39(26,38(48)43-53(49,50)29-14-10-7-11-15-29)42-37(47)33-19-28(23-44(33)35(45)22-40-36(46)24(2)3)52-34-20-31(25-12-8-6-9-13-25)41-32-18-27(51-4)16-17-30(32)34/h5-18,20,26,28,33H,1-2,19,21-23H2,3-4H3,(H,40,46)(H,42,47)(H,43,48)/t26-,28?,33+,39-/m1/s1. The maximum Gasteiger partial charge on any atom is 0.264 e. The van der Waals surface area contributed by atoms with E-state index in [0.29, 0.717) is 28.1 Å². The molecule has 4 amide bonds. The van der Waals surface area contributed by atoms with Crippen molar-refractivity contribution in [3.63, 3.8) is 0 Å². The molecule has 3 N–H and O–H groups in total. The van der Waals surface area contributed by atoms with Gasteiger partial charge in [-0.2, -0.15) is 0 Å². The Kier molecular flexibility index (Phi) is 10.3. The zero-order valence-electron chi connectivity index (χ0n) is 29.2. The summed E-state index contributed by atoms with van der Waals surface area (Å²) in [5.41, 5.74) is 0.660. The van der Waals surface area contributed by atoms with Crippen molar-refractivity contribution in [2.45, 2.75) is 42.3 Å². The van der Waals surface area contributed by atoms with E-state index in [9.17, 15) is 27.6 Å². The molecule has 13 nitrogen and oxygen atoms in total. The summed E-state index contributed by atoms with van der Waals surface area (Å²) < 4.78 is 40.2. The lowest BCUT2D eigenvalue weighted by molar-refractivity contribution is -0.139. The molecule has 0 spiro atoms. The number of hydrogen-bond acceptors (Lipinski definition) is 9. The Balaban J connectivity index is 1.29. The largest absolute Gasteiger partial charge is 0.497 e. The van der Waals surface area contributed by atoms with Crippen LogP contribution in [0.2, 0.25) is 0 Å². The fraction of sp³-hybridized carbons (Fsp3) is 0.256. The molecular formula is C39H39N5O8S. The van der Waals surface area contributed by atoms with E-state index in [-0.39, 0.29) is 29.9 Å². The van der Waals surface area contributed by atoms with Crippen LogP contribution >= 0.6 is 0 Å². The summed E-state index contributed by atoms with van der Waals surface area (Å²) >= 11 is 0. The van der Waals surface area contributed by atoms with Crippen molar-refractivity contribution in [3.05, 3.63) is 110 Å². The van der Waals surface area contributed by atoms with Crippen molar-refractivity contribution in [3.8, 4) is 22.8 Å². The number of methoxy groups -OCH3 is 1. The third kappa shape index (κ3) is 7.77. The van der Waals surface area contributed by atoms with Gasteiger partial charge in [-0.05, 0) is 37.6 Å². The van der Waals surface area contributed by atoms with Crippen LogP contribution in [0, 0.1) is 5.92 Å². The van der Waals surface area contributed by atoms with E-state index >= 15 is 0 Å². The number of amides is 4. The molecule has 6 rings (SSSR count). The van der Waals surface area contributed by atoms with Gasteiger partial charge in [0, 0.05) is 41.0 Å². The molecule has 1 saturated heterocycles. The number of benzene rings is 3. The van der Waals surface area contributed by atoms with Gasteiger partial charge < -0.3 is 25.0 Å². The fourth-order valence-electron chi connectivity index (χ4n) is 6.36. The molecule has 53 heavy (non-hydrogen) atoms. The third-order valence-corrected chi connectivity index (χ3v) is 10.7. The van der Waals surface area contributed by atoms with Gasteiger partial charge in [-0.25, -0.2) is 18.1 Å². The van der Waals surface area contributed by atoms with Gasteiger partial charge in [0.15, 0.2) is 0 Å². The van der Waals surface area contributed by atoms with Gasteiger partial charge >= 0.3 is 0 Å². The van der Waals surface area contributed by atoms with Crippen LogP contribution in [0.4, 0.5) is 0 Å². The summed E-state index contributed by atoms with van der Waals surface area (Å²) in [4.78, 5) is 59.6. The van der Waals surface area contributed by atoms with Crippen LogP contribution in [-0.4, -0.2) is 79.8 Å². The zero-order valence-corrected chi connectivity index (χ0v) is 30.0. The molecule has 2 heterocycles. The van der Waals surface area contributed by atoms with E-state index in [1.54, 1.807) is 31.4 Å². The zero-order chi connectivity index (χ0) is 37.9. The molecule has 1 aliphatic carbocycles. The van der Waals surface area contributed by atoms with Gasteiger partial charge in [0.2, 0.25) is 17.7 Å². The summed E-state index contributed by atoms with van der Waals surface area (Å²) in [6.45, 7) is 8.40. The van der Waals surface area contributed by atoms with Gasteiger partial charge in [0.25, 0.3) is 15.9 Å². The van der Waals surface area contributed by atoms with Crippen LogP contribution in [0.25, 0.3) is 22.2 Å². The average molecular weight is 738 g/mol. The summed E-state index contributed by atoms with van der Waals surface area (Å²) in [7, 11) is -2.70. The molecule has 0 radical (unpaired) electrons. The maximum absolute atomic E-state index is 14.1. The number of hydrogen-bond donors (Lipinski definition) is 3. The first-order chi connectivity index (χ1) is 25.3. The number of carbonyl (C=O) groups is 4. The maximum atomic E-state index is 14.1. The monoisotopic (exact) mass is 737 g/mol. The molecule has 4 aromatic rings. The number of aromatic nitrogens is 1. The smallest absolute Gasteiger partial charge is 0.264 e. The number of ether oxygens (including phenoxy) is 2. The predicted octanol–water partition coefficient (Wildman–Crippen LogP) is 3.52. The number of pyridine rings is 1. The highest BCUT2D eigenvalue weighted by atomic mass is 32.2. The molecule has 2 fully saturated rings. The lowest BCUT2D eigenvalue weighted by Crippen LogP contribution is -2.57. The molecule has 274 valence electrons. The second-order valence-corrected chi connectivity index (χ2v) is 14.7. The Morgan fingerprint density at radius 1 is 1.02 bits per heavy atom. The third-order valence-electron chi connectivity index (χ3n) is 9.35. The van der Waals surface area contributed by atoms with Gasteiger partial charge in [-0.3, -0.25) is 19.2 Å². The topological polar surface area (TPSA) is 173 Å². The van der Waals surface area contributed by atoms with Crippen LogP contribution in [-0.2, 0) is 29.2 Å². The Morgan fingerprint density at radius 2 is 1.72 bits per heavy atom. The Hall–Kier alpha value is -6.02. The molecule has 1 aliphatic heterocycles. The molecule has 4 atom stereocenters. The molecule has 14 heteroatoms. The van der Waals surface area contributed by atoms with Crippen molar-refractivity contribution < 1.29 is 37.1 Å². The molecule has 0 bridgehead atoms. The molecule has 1 saturated carbocycles. The highest BCUT2D eigenvalue weighted by molar-refractivity contribution is 7.90. The Labute approximate surface area is 307 Å². The van der Waals surface area contributed by atoms with Crippen LogP contribution in [0.1, 0.15) is 19.8 Å². The molecule has 2 aliphatic rings. The van der Waals surface area contributed by atoms with E-state index < -0.39 is 63.8 Å². The number of nitrogens with one attached hydrogen (secondary N) is 3. The van der Waals surface area contributed by atoms with E-state index in [1.807, 2.05) is 36.4 Å². The summed E-state index contributed by atoms with van der Waals surface area (Å²) in [5.74, 6) is -2.23. The van der Waals surface area contributed by atoms with Crippen LogP contribution in [0.15, 0.2) is 115 Å². The predicted molar refractivity (Wildman–Crippen MR) is 197 cm³/mol. The van der Waals surface area contributed by atoms with Crippen LogP contribution in [0.5, 0.6) is 11.5 Å².